The smallest absolute Gasteiger partial charge is 0.146 e. The van der Waals surface area contributed by atoms with Crippen molar-refractivity contribution in [2.45, 2.75) is 25.9 Å². The summed E-state index contributed by atoms with van der Waals surface area (Å²) in [6, 6.07) is 9.66. The Bertz CT molecular complexity index is 525. The van der Waals surface area contributed by atoms with Gasteiger partial charge in [-0.2, -0.15) is 0 Å². The average Bonchev–Trinajstić information content (AvgIpc) is 2.86. The Hall–Kier alpha value is -1.39. The molecule has 0 aliphatic rings. The summed E-state index contributed by atoms with van der Waals surface area (Å²) in [6.07, 6.45) is 1.02. The van der Waals surface area contributed by atoms with Crippen LogP contribution in [0, 0.1) is 5.82 Å². The van der Waals surface area contributed by atoms with Crippen molar-refractivity contribution in [2.75, 3.05) is 12.8 Å². The maximum atomic E-state index is 13.4. The molecule has 2 nitrogen and oxygen atoms in total. The lowest BCUT2D eigenvalue weighted by molar-refractivity contribution is 0.248. The number of thiophene rings is 1. The van der Waals surface area contributed by atoms with Gasteiger partial charge >= 0.3 is 0 Å². The monoisotopic (exact) mass is 278 g/mol. The molecule has 2 rings (SSSR count). The predicted molar refractivity (Wildman–Crippen MR) is 79.8 cm³/mol. The van der Waals surface area contributed by atoms with Crippen molar-refractivity contribution in [3.05, 3.63) is 52.0 Å². The van der Waals surface area contributed by atoms with Crippen LogP contribution in [0.3, 0.4) is 0 Å². The zero-order valence-electron chi connectivity index (χ0n) is 11.3. The summed E-state index contributed by atoms with van der Waals surface area (Å²) in [7, 11) is 2.06. The molecule has 1 heterocycles. The topological polar surface area (TPSA) is 29.3 Å². The van der Waals surface area contributed by atoms with E-state index in [0.717, 1.165) is 18.5 Å². The van der Waals surface area contributed by atoms with E-state index in [-0.39, 0.29) is 11.5 Å². The molecule has 0 spiro atoms. The van der Waals surface area contributed by atoms with Crippen LogP contribution in [0.5, 0.6) is 0 Å². The molecule has 2 N–H and O–H groups in total. The van der Waals surface area contributed by atoms with Crippen LogP contribution >= 0.6 is 11.3 Å². The standard InChI is InChI=1S/C15H19FN2S/c1-11(8-13-4-3-7-19-13)18(2)10-12-5-6-15(17)14(16)9-12/h3-7,9,11H,8,10,17H2,1-2H3. The van der Waals surface area contributed by atoms with Gasteiger partial charge in [0.05, 0.1) is 5.69 Å². The number of benzene rings is 1. The summed E-state index contributed by atoms with van der Waals surface area (Å²) in [5.74, 6) is -0.336. The average molecular weight is 278 g/mol. The number of hydrogen-bond acceptors (Lipinski definition) is 3. The molecule has 1 aromatic carbocycles. The molecular weight excluding hydrogens is 259 g/mol. The number of nitrogens with two attached hydrogens (primary N) is 1. The van der Waals surface area contributed by atoms with Crippen molar-refractivity contribution in [3.8, 4) is 0 Å². The number of hydrogen-bond donors (Lipinski definition) is 1. The van der Waals surface area contributed by atoms with Crippen LogP contribution in [0.1, 0.15) is 17.4 Å². The van der Waals surface area contributed by atoms with E-state index in [9.17, 15) is 4.39 Å². The molecule has 0 saturated carbocycles. The van der Waals surface area contributed by atoms with Crippen molar-refractivity contribution < 1.29 is 4.39 Å². The predicted octanol–water partition coefficient (Wildman–Crippen LogP) is 3.53. The fourth-order valence-corrected chi connectivity index (χ4v) is 2.82. The lowest BCUT2D eigenvalue weighted by atomic mass is 10.1. The van der Waals surface area contributed by atoms with Gasteiger partial charge in [-0.3, -0.25) is 4.90 Å². The highest BCUT2D eigenvalue weighted by molar-refractivity contribution is 7.09. The first-order valence-corrected chi connectivity index (χ1v) is 7.20. The summed E-state index contributed by atoms with van der Waals surface area (Å²) >= 11 is 1.78. The fourth-order valence-electron chi connectivity index (χ4n) is 1.99. The van der Waals surface area contributed by atoms with Crippen LogP contribution in [-0.2, 0) is 13.0 Å². The van der Waals surface area contributed by atoms with Gasteiger partial charge in [-0.1, -0.05) is 12.1 Å². The molecule has 1 unspecified atom stereocenters. The number of nitrogen functional groups attached to an aromatic ring is 1. The minimum Gasteiger partial charge on any atom is -0.396 e. The summed E-state index contributed by atoms with van der Waals surface area (Å²) in [6.45, 7) is 2.91. The molecule has 0 amide bonds. The fraction of sp³-hybridized carbons (Fsp3) is 0.333. The third kappa shape index (κ3) is 3.78. The molecule has 4 heteroatoms. The zero-order valence-corrected chi connectivity index (χ0v) is 12.1. The van der Waals surface area contributed by atoms with Crippen LogP contribution in [0.25, 0.3) is 0 Å². The highest BCUT2D eigenvalue weighted by Gasteiger charge is 2.11. The minimum atomic E-state index is -0.336. The summed E-state index contributed by atoms with van der Waals surface area (Å²) < 4.78 is 13.4. The Labute approximate surface area is 117 Å². The zero-order chi connectivity index (χ0) is 13.8. The molecule has 1 atom stereocenters. The van der Waals surface area contributed by atoms with Crippen LogP contribution in [0.2, 0.25) is 0 Å². The Balaban J connectivity index is 1.96. The van der Waals surface area contributed by atoms with Crippen molar-refractivity contribution in [1.82, 2.24) is 4.90 Å². The van der Waals surface area contributed by atoms with Crippen molar-refractivity contribution in [3.63, 3.8) is 0 Å². The van der Waals surface area contributed by atoms with Gasteiger partial charge in [-0.05, 0) is 49.5 Å². The number of anilines is 1. The van der Waals surface area contributed by atoms with Crippen molar-refractivity contribution >= 4 is 17.0 Å². The van der Waals surface area contributed by atoms with E-state index in [1.165, 1.54) is 10.9 Å². The molecular formula is C15H19FN2S. The Morgan fingerprint density at radius 2 is 2.16 bits per heavy atom. The van der Waals surface area contributed by atoms with Crippen LogP contribution in [-0.4, -0.2) is 18.0 Å². The number of nitrogens with zero attached hydrogens (tertiary/aromatic N) is 1. The first-order valence-electron chi connectivity index (χ1n) is 6.33. The van der Waals surface area contributed by atoms with Crippen LogP contribution in [0.15, 0.2) is 35.7 Å². The second-order valence-corrected chi connectivity index (χ2v) is 5.94. The lowest BCUT2D eigenvalue weighted by Gasteiger charge is -2.24. The van der Waals surface area contributed by atoms with E-state index >= 15 is 0 Å². The second kappa shape index (κ2) is 6.17. The van der Waals surface area contributed by atoms with E-state index in [4.69, 9.17) is 5.73 Å². The molecule has 0 radical (unpaired) electrons. The van der Waals surface area contributed by atoms with Gasteiger partial charge in [-0.25, -0.2) is 4.39 Å². The molecule has 0 aliphatic carbocycles. The largest absolute Gasteiger partial charge is 0.396 e. The van der Waals surface area contributed by atoms with E-state index in [2.05, 4.69) is 36.4 Å². The maximum absolute atomic E-state index is 13.4. The Morgan fingerprint density at radius 1 is 1.37 bits per heavy atom. The number of likely N-dealkylation sites (N-methyl/N-ethyl adjacent to an activating group) is 1. The molecule has 1 aromatic heterocycles. The second-order valence-electron chi connectivity index (χ2n) is 4.90. The highest BCUT2D eigenvalue weighted by atomic mass is 32.1. The van der Waals surface area contributed by atoms with E-state index < -0.39 is 0 Å². The summed E-state index contributed by atoms with van der Waals surface area (Å²) in [5, 5.41) is 2.09. The molecule has 0 fully saturated rings. The summed E-state index contributed by atoms with van der Waals surface area (Å²) in [5.41, 5.74) is 6.64. The van der Waals surface area contributed by atoms with E-state index in [0.29, 0.717) is 6.04 Å². The molecule has 2 aromatic rings. The van der Waals surface area contributed by atoms with Gasteiger partial charge in [0.25, 0.3) is 0 Å². The normalized spacial score (nSPS) is 12.8. The first kappa shape index (κ1) is 14.0. The number of rotatable bonds is 5. The summed E-state index contributed by atoms with van der Waals surface area (Å²) in [4.78, 5) is 3.60. The van der Waals surface area contributed by atoms with E-state index in [1.807, 2.05) is 6.07 Å². The van der Waals surface area contributed by atoms with Gasteiger partial charge in [0.15, 0.2) is 0 Å². The molecule has 0 saturated heterocycles. The SMILES string of the molecule is CC(Cc1cccs1)N(C)Cc1ccc(N)c(F)c1. The van der Waals surface area contributed by atoms with Crippen molar-refractivity contribution in [2.24, 2.45) is 0 Å². The minimum absolute atomic E-state index is 0.207. The quantitative estimate of drug-likeness (QED) is 0.848. The van der Waals surface area contributed by atoms with Gasteiger partial charge in [0, 0.05) is 17.5 Å². The number of halogens is 1. The van der Waals surface area contributed by atoms with Gasteiger partial charge in [-0.15, -0.1) is 11.3 Å². The van der Waals surface area contributed by atoms with Gasteiger partial charge in [0.2, 0.25) is 0 Å². The molecule has 19 heavy (non-hydrogen) atoms. The Kier molecular flexibility index (Phi) is 4.56. The Morgan fingerprint density at radius 3 is 2.79 bits per heavy atom. The first-order chi connectivity index (χ1) is 9.06. The third-order valence-corrected chi connectivity index (χ3v) is 4.22. The van der Waals surface area contributed by atoms with Crippen LogP contribution < -0.4 is 5.73 Å². The van der Waals surface area contributed by atoms with Crippen LogP contribution in [0.4, 0.5) is 10.1 Å². The molecule has 0 aliphatic heterocycles. The van der Waals surface area contributed by atoms with Gasteiger partial charge < -0.3 is 5.73 Å². The maximum Gasteiger partial charge on any atom is 0.146 e. The molecule has 102 valence electrons. The lowest BCUT2D eigenvalue weighted by Crippen LogP contribution is -2.30. The van der Waals surface area contributed by atoms with Gasteiger partial charge in [0.1, 0.15) is 5.82 Å². The molecule has 0 bridgehead atoms. The third-order valence-electron chi connectivity index (χ3n) is 3.33. The van der Waals surface area contributed by atoms with Crippen molar-refractivity contribution in [1.29, 1.82) is 0 Å². The van der Waals surface area contributed by atoms with E-state index in [1.54, 1.807) is 17.4 Å². The highest BCUT2D eigenvalue weighted by Crippen LogP contribution is 2.17.